The standard InChI is InChI=1S/C76H129NO8/c1-6-8-10-12-14-16-18-20-22-24-26-28-30-32-34-35-36-37-38-39-41-42-44-46-48-50-52-54-56-58-60-62-64-66-73(78)83-70-72(71-84-76(75(80)81)82-69-68-77(3,4)5)85-74(79)67-65-63-61-59-57-55-53-51-49-47-45-43-40-33-31-29-27-25-23-21-19-17-15-13-11-9-7-2/h9,11,15,17-18,20-21,23-24,26-27,29-30,32-33,40,45,47,51,53,72,76H,6-8,10,12-14,16,19,22,25,28,31,34-39,41-44,46,48-50,52,54-71H2,1-5H3/p+1/b11-9-,17-15-,20-18-,23-21-,26-24-,29-27-,32-30-,40-33-,47-45-,53-51-. The van der Waals surface area contributed by atoms with Crippen molar-refractivity contribution in [3.8, 4) is 0 Å². The first-order valence-electron chi connectivity index (χ1n) is 34.7. The zero-order chi connectivity index (χ0) is 61.9. The number of hydrogen-bond acceptors (Lipinski definition) is 7. The molecule has 85 heavy (non-hydrogen) atoms. The molecular weight excluding hydrogens is 1050 g/mol. The first-order valence-corrected chi connectivity index (χ1v) is 34.7. The van der Waals surface area contributed by atoms with E-state index in [1.54, 1.807) is 0 Å². The number of ether oxygens (including phenoxy) is 4. The smallest absolute Gasteiger partial charge is 0.361 e. The molecule has 2 unspecified atom stereocenters. The Morgan fingerprint density at radius 2 is 0.671 bits per heavy atom. The van der Waals surface area contributed by atoms with Gasteiger partial charge >= 0.3 is 17.9 Å². The van der Waals surface area contributed by atoms with Crippen molar-refractivity contribution < 1.29 is 42.9 Å². The topological polar surface area (TPSA) is 108 Å². The molecule has 0 spiro atoms. The van der Waals surface area contributed by atoms with Crippen LogP contribution in [-0.4, -0.2) is 87.4 Å². The maximum atomic E-state index is 12.9. The summed E-state index contributed by atoms with van der Waals surface area (Å²) in [5.41, 5.74) is 0. The number of hydrogen-bond donors (Lipinski definition) is 1. The van der Waals surface area contributed by atoms with Crippen LogP contribution in [0.4, 0.5) is 0 Å². The summed E-state index contributed by atoms with van der Waals surface area (Å²) in [5.74, 6) is -2.03. The van der Waals surface area contributed by atoms with Crippen molar-refractivity contribution in [1.82, 2.24) is 0 Å². The summed E-state index contributed by atoms with van der Waals surface area (Å²) in [6.07, 6.45) is 90.2. The Kier molecular flexibility index (Phi) is 62.3. The third kappa shape index (κ3) is 67.1. The highest BCUT2D eigenvalue weighted by molar-refractivity contribution is 5.71. The summed E-state index contributed by atoms with van der Waals surface area (Å²) in [5, 5.41) is 9.74. The Labute approximate surface area is 523 Å². The monoisotopic (exact) mass is 1180 g/mol. The van der Waals surface area contributed by atoms with E-state index >= 15 is 0 Å². The lowest BCUT2D eigenvalue weighted by Crippen LogP contribution is -2.40. The molecule has 0 saturated carbocycles. The van der Waals surface area contributed by atoms with E-state index in [1.165, 1.54) is 141 Å². The molecule has 0 rings (SSSR count). The van der Waals surface area contributed by atoms with E-state index < -0.39 is 24.3 Å². The first-order chi connectivity index (χ1) is 41.6. The highest BCUT2D eigenvalue weighted by atomic mass is 16.7. The largest absolute Gasteiger partial charge is 0.477 e. The van der Waals surface area contributed by atoms with E-state index in [4.69, 9.17) is 18.9 Å². The van der Waals surface area contributed by atoms with Crippen LogP contribution < -0.4 is 0 Å². The van der Waals surface area contributed by atoms with Crippen LogP contribution >= 0.6 is 0 Å². The number of carbonyl (C=O) groups is 3. The Hall–Kier alpha value is -4.31. The van der Waals surface area contributed by atoms with E-state index in [0.29, 0.717) is 23.9 Å². The highest BCUT2D eigenvalue weighted by Gasteiger charge is 2.25. The number of likely N-dealkylation sites (N-methyl/N-ethyl adjacent to an activating group) is 1. The van der Waals surface area contributed by atoms with Crippen LogP contribution in [0.25, 0.3) is 0 Å². The molecule has 0 aromatic carbocycles. The molecule has 0 bridgehead atoms. The molecule has 0 amide bonds. The van der Waals surface area contributed by atoms with Crippen LogP contribution in [-0.2, 0) is 33.3 Å². The third-order valence-electron chi connectivity index (χ3n) is 14.7. The van der Waals surface area contributed by atoms with E-state index in [2.05, 4.69) is 135 Å². The lowest BCUT2D eigenvalue weighted by Gasteiger charge is -2.25. The Bertz CT molecular complexity index is 1810. The highest BCUT2D eigenvalue weighted by Crippen LogP contribution is 2.17. The summed E-state index contributed by atoms with van der Waals surface area (Å²) in [4.78, 5) is 37.6. The minimum Gasteiger partial charge on any atom is -0.477 e. The number of allylic oxidation sites excluding steroid dienone is 20. The number of carbonyl (C=O) groups excluding carboxylic acids is 2. The van der Waals surface area contributed by atoms with Crippen molar-refractivity contribution in [2.24, 2.45) is 0 Å². The van der Waals surface area contributed by atoms with Crippen molar-refractivity contribution in [3.63, 3.8) is 0 Å². The lowest BCUT2D eigenvalue weighted by molar-refractivity contribution is -0.870. The molecule has 0 aromatic rings. The van der Waals surface area contributed by atoms with Gasteiger partial charge in [-0.2, -0.15) is 0 Å². The van der Waals surface area contributed by atoms with Gasteiger partial charge in [-0.25, -0.2) is 4.79 Å². The lowest BCUT2D eigenvalue weighted by atomic mass is 10.0. The minimum atomic E-state index is -1.52. The Morgan fingerprint density at radius 3 is 1.00 bits per heavy atom. The predicted octanol–water partition coefficient (Wildman–Crippen LogP) is 21.6. The Balaban J connectivity index is 4.17. The summed E-state index contributed by atoms with van der Waals surface area (Å²) >= 11 is 0. The molecule has 9 heteroatoms. The molecule has 0 aromatic heterocycles. The predicted molar refractivity (Wildman–Crippen MR) is 364 cm³/mol. The van der Waals surface area contributed by atoms with Gasteiger partial charge in [-0.1, -0.05) is 283 Å². The van der Waals surface area contributed by atoms with Gasteiger partial charge in [0.25, 0.3) is 6.29 Å². The zero-order valence-electron chi connectivity index (χ0n) is 55.5. The van der Waals surface area contributed by atoms with Crippen LogP contribution in [0.3, 0.4) is 0 Å². The molecule has 0 fully saturated rings. The van der Waals surface area contributed by atoms with Crippen molar-refractivity contribution in [1.29, 1.82) is 0 Å². The first kappa shape index (κ1) is 80.7. The van der Waals surface area contributed by atoms with Gasteiger partial charge in [0, 0.05) is 12.8 Å². The second kappa shape index (κ2) is 65.7. The Morgan fingerprint density at radius 1 is 0.365 bits per heavy atom. The fraction of sp³-hybridized carbons (Fsp3) is 0.697. The van der Waals surface area contributed by atoms with Crippen LogP contribution in [0, 0.1) is 0 Å². The minimum absolute atomic E-state index is 0.178. The van der Waals surface area contributed by atoms with Crippen LogP contribution in [0.1, 0.15) is 284 Å². The quantitative estimate of drug-likeness (QED) is 0.0211. The maximum Gasteiger partial charge on any atom is 0.361 e. The third-order valence-corrected chi connectivity index (χ3v) is 14.7. The van der Waals surface area contributed by atoms with Crippen molar-refractivity contribution in [2.75, 3.05) is 47.5 Å². The fourth-order valence-corrected chi connectivity index (χ4v) is 9.41. The van der Waals surface area contributed by atoms with Crippen molar-refractivity contribution in [2.45, 2.75) is 296 Å². The molecule has 1 N–H and O–H groups in total. The summed E-state index contributed by atoms with van der Waals surface area (Å²) in [6, 6.07) is 0. The van der Waals surface area contributed by atoms with Crippen LogP contribution in [0.15, 0.2) is 122 Å². The van der Waals surface area contributed by atoms with E-state index in [9.17, 15) is 19.5 Å². The van der Waals surface area contributed by atoms with Gasteiger partial charge in [0.2, 0.25) is 0 Å². The number of aliphatic carboxylic acids is 1. The number of unbranched alkanes of at least 4 members (excludes halogenated alkanes) is 28. The number of quaternary nitrogens is 1. The molecule has 0 aliphatic carbocycles. The van der Waals surface area contributed by atoms with Gasteiger partial charge in [0.1, 0.15) is 13.2 Å². The molecule has 0 saturated heterocycles. The SMILES string of the molecule is CC/C=C\C/C=C\C/C=C\C/C=C\C/C=C\C/C=C\C/C=C\CCCCCCCC(=O)OC(COC(=O)CCCCCCCCCCCCCCCCCCCC/C=C\C/C=C\C/C=C\CCCCCCC)COC(OCC[N+](C)(C)C)C(=O)O. The second-order valence-corrected chi connectivity index (χ2v) is 24.1. The van der Waals surface area contributed by atoms with Crippen LogP contribution in [0.2, 0.25) is 0 Å². The van der Waals surface area contributed by atoms with Crippen LogP contribution in [0.5, 0.6) is 0 Å². The normalized spacial score (nSPS) is 13.5. The van der Waals surface area contributed by atoms with Crippen molar-refractivity contribution in [3.05, 3.63) is 122 Å². The molecular formula is C76H130NO8+. The zero-order valence-corrected chi connectivity index (χ0v) is 55.5. The summed E-state index contributed by atoms with van der Waals surface area (Å²) < 4.78 is 22.9. The van der Waals surface area contributed by atoms with Gasteiger partial charge in [0.15, 0.2) is 6.10 Å². The molecule has 0 aliphatic rings. The molecule has 9 nitrogen and oxygen atoms in total. The van der Waals surface area contributed by atoms with E-state index in [-0.39, 0.29) is 32.2 Å². The molecule has 0 heterocycles. The second-order valence-electron chi connectivity index (χ2n) is 24.1. The summed E-state index contributed by atoms with van der Waals surface area (Å²) in [7, 11) is 5.96. The van der Waals surface area contributed by atoms with Gasteiger partial charge in [-0.3, -0.25) is 9.59 Å². The van der Waals surface area contributed by atoms with E-state index in [0.717, 1.165) is 109 Å². The average molecular weight is 1190 g/mol. The molecule has 486 valence electrons. The van der Waals surface area contributed by atoms with Gasteiger partial charge in [-0.05, 0) is 109 Å². The summed E-state index contributed by atoms with van der Waals surface area (Å²) in [6.45, 7) is 4.74. The van der Waals surface area contributed by atoms with Gasteiger partial charge in [0.05, 0.1) is 34.4 Å². The van der Waals surface area contributed by atoms with Gasteiger partial charge in [-0.15, -0.1) is 0 Å². The molecule has 0 radical (unpaired) electrons. The number of carboxylic acids is 1. The molecule has 2 atom stereocenters. The number of rotatable bonds is 63. The number of nitrogens with zero attached hydrogens (tertiary/aromatic N) is 1. The van der Waals surface area contributed by atoms with Gasteiger partial charge < -0.3 is 28.5 Å². The number of esters is 2. The fourth-order valence-electron chi connectivity index (χ4n) is 9.41. The molecule has 0 aliphatic heterocycles. The average Bonchev–Trinajstić information content (AvgIpc) is 3.48. The maximum absolute atomic E-state index is 12.9. The number of carboxylic acid groups (broad SMARTS) is 1. The van der Waals surface area contributed by atoms with E-state index in [1.807, 2.05) is 21.1 Å². The van der Waals surface area contributed by atoms with Crippen molar-refractivity contribution >= 4 is 17.9 Å².